The molecule has 0 aliphatic carbocycles. The third kappa shape index (κ3) is 3.69. The molecule has 0 bridgehead atoms. The molecule has 0 radical (unpaired) electrons. The van der Waals surface area contributed by atoms with Crippen molar-refractivity contribution in [2.24, 2.45) is 0 Å². The molecule has 0 spiro atoms. The van der Waals surface area contributed by atoms with Crippen LogP contribution >= 0.6 is 15.9 Å². The monoisotopic (exact) mass is 351 g/mol. The van der Waals surface area contributed by atoms with E-state index < -0.39 is 11.5 Å². The smallest absolute Gasteiger partial charge is 0.310 e. The maximum Gasteiger partial charge on any atom is 0.310 e. The average Bonchev–Trinajstić information content (AvgIpc) is 2.44. The average molecular weight is 352 g/mol. The summed E-state index contributed by atoms with van der Waals surface area (Å²) in [6.45, 7) is 1.95. The van der Waals surface area contributed by atoms with E-state index in [4.69, 9.17) is 10.5 Å². The molecule has 0 atom stereocenters. The molecule has 6 nitrogen and oxygen atoms in total. The molecule has 0 unspecified atom stereocenters. The molecule has 1 aromatic carbocycles. The van der Waals surface area contributed by atoms with Crippen molar-refractivity contribution in [3.63, 3.8) is 0 Å². The molecule has 2 aromatic rings. The Balaban J connectivity index is 2.35. The highest BCUT2D eigenvalue weighted by Crippen LogP contribution is 2.19. The van der Waals surface area contributed by atoms with Gasteiger partial charge in [-0.1, -0.05) is 28.1 Å². The number of ether oxygens (including phenoxy) is 1. The van der Waals surface area contributed by atoms with Gasteiger partial charge in [-0.15, -0.1) is 0 Å². The van der Waals surface area contributed by atoms with Gasteiger partial charge in [-0.2, -0.15) is 0 Å². The van der Waals surface area contributed by atoms with E-state index in [1.165, 1.54) is 0 Å². The standard InChI is InChI=1S/C14H14BrN3O3/c1-2-21-11(19)7-10-12(16)17-13(18-14(10)20)8-3-5-9(15)6-4-8/h3-6H,2,7H2,1H3,(H3,16,17,18,20). The van der Waals surface area contributed by atoms with E-state index in [1.54, 1.807) is 19.1 Å². The second-order valence-electron chi connectivity index (χ2n) is 4.27. The predicted octanol–water partition coefficient (Wildman–Crippen LogP) is 1.89. The van der Waals surface area contributed by atoms with Crippen LogP contribution in [0.15, 0.2) is 33.5 Å². The summed E-state index contributed by atoms with van der Waals surface area (Å²) in [6.07, 6.45) is -0.192. The molecular formula is C14H14BrN3O3. The molecule has 0 amide bonds. The number of nitrogens with two attached hydrogens (primary N) is 1. The second kappa shape index (κ2) is 6.53. The first-order valence-electron chi connectivity index (χ1n) is 6.31. The number of esters is 1. The number of rotatable bonds is 4. The van der Waals surface area contributed by atoms with Crippen LogP contribution in [0.5, 0.6) is 0 Å². The van der Waals surface area contributed by atoms with Crippen LogP contribution in [-0.2, 0) is 16.0 Å². The van der Waals surface area contributed by atoms with Gasteiger partial charge in [-0.3, -0.25) is 9.59 Å². The zero-order valence-electron chi connectivity index (χ0n) is 11.4. The summed E-state index contributed by atoms with van der Waals surface area (Å²) in [5.41, 5.74) is 6.20. The highest BCUT2D eigenvalue weighted by atomic mass is 79.9. The molecule has 1 heterocycles. The van der Waals surface area contributed by atoms with Crippen LogP contribution in [0.1, 0.15) is 12.5 Å². The van der Waals surface area contributed by atoms with E-state index in [0.29, 0.717) is 5.82 Å². The first kappa shape index (κ1) is 15.2. The predicted molar refractivity (Wildman–Crippen MR) is 82.7 cm³/mol. The van der Waals surface area contributed by atoms with Crippen LogP contribution in [0.2, 0.25) is 0 Å². The SMILES string of the molecule is CCOC(=O)Cc1c(N)nc(-c2ccc(Br)cc2)[nH]c1=O. The maximum absolute atomic E-state index is 12.0. The molecular weight excluding hydrogens is 338 g/mol. The van der Waals surface area contributed by atoms with Crippen molar-refractivity contribution >= 4 is 27.7 Å². The van der Waals surface area contributed by atoms with Crippen molar-refractivity contribution in [3.8, 4) is 11.4 Å². The van der Waals surface area contributed by atoms with Gasteiger partial charge in [0.15, 0.2) is 0 Å². The number of nitrogen functional groups attached to an aromatic ring is 1. The van der Waals surface area contributed by atoms with Crippen LogP contribution in [0.25, 0.3) is 11.4 Å². The van der Waals surface area contributed by atoms with Crippen molar-refractivity contribution in [1.29, 1.82) is 0 Å². The zero-order chi connectivity index (χ0) is 15.4. The molecule has 0 aliphatic rings. The third-order valence-corrected chi connectivity index (χ3v) is 3.32. The van der Waals surface area contributed by atoms with Crippen LogP contribution in [-0.4, -0.2) is 22.5 Å². The summed E-state index contributed by atoms with van der Waals surface area (Å²) in [5.74, 6) is -0.116. The highest BCUT2D eigenvalue weighted by Gasteiger charge is 2.14. The van der Waals surface area contributed by atoms with Crippen molar-refractivity contribution in [1.82, 2.24) is 9.97 Å². The van der Waals surface area contributed by atoms with Crippen molar-refractivity contribution in [2.45, 2.75) is 13.3 Å². The molecule has 1 aromatic heterocycles. The van der Waals surface area contributed by atoms with Gasteiger partial charge in [0.25, 0.3) is 5.56 Å². The molecule has 21 heavy (non-hydrogen) atoms. The van der Waals surface area contributed by atoms with Gasteiger partial charge in [0.05, 0.1) is 18.6 Å². The number of aromatic nitrogens is 2. The van der Waals surface area contributed by atoms with E-state index in [1.807, 2.05) is 12.1 Å². The summed E-state index contributed by atoms with van der Waals surface area (Å²) >= 11 is 3.33. The van der Waals surface area contributed by atoms with Gasteiger partial charge in [-0.05, 0) is 19.1 Å². The topological polar surface area (TPSA) is 98.1 Å². The van der Waals surface area contributed by atoms with Crippen LogP contribution in [0, 0.1) is 0 Å². The summed E-state index contributed by atoms with van der Waals surface area (Å²) in [7, 11) is 0. The first-order valence-corrected chi connectivity index (χ1v) is 7.10. The van der Waals surface area contributed by atoms with Crippen molar-refractivity contribution in [2.75, 3.05) is 12.3 Å². The Labute approximate surface area is 129 Å². The molecule has 0 saturated heterocycles. The zero-order valence-corrected chi connectivity index (χ0v) is 12.9. The summed E-state index contributed by atoms with van der Waals surface area (Å²) in [5, 5.41) is 0. The first-order chi connectivity index (χ1) is 10.0. The molecule has 110 valence electrons. The highest BCUT2D eigenvalue weighted by molar-refractivity contribution is 9.10. The fourth-order valence-corrected chi connectivity index (χ4v) is 2.05. The minimum Gasteiger partial charge on any atom is -0.466 e. The number of nitrogens with one attached hydrogen (secondary N) is 1. The molecule has 3 N–H and O–H groups in total. The third-order valence-electron chi connectivity index (χ3n) is 2.79. The van der Waals surface area contributed by atoms with Gasteiger partial charge in [0.1, 0.15) is 11.6 Å². The van der Waals surface area contributed by atoms with E-state index >= 15 is 0 Å². The van der Waals surface area contributed by atoms with Gasteiger partial charge in [0, 0.05) is 10.0 Å². The van der Waals surface area contributed by atoms with E-state index in [0.717, 1.165) is 10.0 Å². The number of benzene rings is 1. The lowest BCUT2D eigenvalue weighted by Crippen LogP contribution is -2.22. The number of hydrogen-bond acceptors (Lipinski definition) is 5. The van der Waals surface area contributed by atoms with Crippen LogP contribution in [0.4, 0.5) is 5.82 Å². The molecule has 2 rings (SSSR count). The number of nitrogens with zero attached hydrogens (tertiary/aromatic N) is 1. The summed E-state index contributed by atoms with van der Waals surface area (Å²) < 4.78 is 5.72. The van der Waals surface area contributed by atoms with Gasteiger partial charge < -0.3 is 15.5 Å². The quantitative estimate of drug-likeness (QED) is 0.819. The number of hydrogen-bond donors (Lipinski definition) is 2. The maximum atomic E-state index is 12.0. The summed E-state index contributed by atoms with van der Waals surface area (Å²) in [6, 6.07) is 7.26. The lowest BCUT2D eigenvalue weighted by atomic mass is 10.2. The number of carbonyl (C=O) groups excluding carboxylic acids is 1. The minimum absolute atomic E-state index is 0.0321. The molecule has 0 aliphatic heterocycles. The van der Waals surface area contributed by atoms with Crippen LogP contribution in [0.3, 0.4) is 0 Å². The fourth-order valence-electron chi connectivity index (χ4n) is 1.79. The lowest BCUT2D eigenvalue weighted by Gasteiger charge is -2.07. The Bertz CT molecular complexity index is 710. The van der Waals surface area contributed by atoms with E-state index in [9.17, 15) is 9.59 Å². The van der Waals surface area contributed by atoms with Crippen molar-refractivity contribution < 1.29 is 9.53 Å². The number of H-pyrrole nitrogens is 1. The Kier molecular flexibility index (Phi) is 4.74. The van der Waals surface area contributed by atoms with Gasteiger partial charge in [-0.25, -0.2) is 4.98 Å². The molecule has 0 saturated carbocycles. The Morgan fingerprint density at radius 3 is 2.62 bits per heavy atom. The second-order valence-corrected chi connectivity index (χ2v) is 5.18. The number of aromatic amines is 1. The number of carbonyl (C=O) groups is 1. The number of halogens is 1. The van der Waals surface area contributed by atoms with E-state index in [2.05, 4.69) is 25.9 Å². The van der Waals surface area contributed by atoms with Gasteiger partial charge in [0.2, 0.25) is 0 Å². The van der Waals surface area contributed by atoms with Crippen LogP contribution < -0.4 is 11.3 Å². The fraction of sp³-hybridized carbons (Fsp3) is 0.214. The normalized spacial score (nSPS) is 10.4. The lowest BCUT2D eigenvalue weighted by molar-refractivity contribution is -0.142. The van der Waals surface area contributed by atoms with E-state index in [-0.39, 0.29) is 24.4 Å². The summed E-state index contributed by atoms with van der Waals surface area (Å²) in [4.78, 5) is 30.3. The van der Waals surface area contributed by atoms with Crippen molar-refractivity contribution in [3.05, 3.63) is 44.7 Å². The minimum atomic E-state index is -0.507. The molecule has 0 fully saturated rings. The number of anilines is 1. The Hall–Kier alpha value is -2.15. The largest absolute Gasteiger partial charge is 0.466 e. The molecule has 7 heteroatoms. The van der Waals surface area contributed by atoms with Gasteiger partial charge >= 0.3 is 5.97 Å². The Morgan fingerprint density at radius 1 is 1.38 bits per heavy atom. The Morgan fingerprint density at radius 2 is 2.05 bits per heavy atom.